The first-order valence-electron chi connectivity index (χ1n) is 9.11. The monoisotopic (exact) mass is 372 g/mol. The van der Waals surface area contributed by atoms with Crippen LogP contribution in [0, 0.1) is 5.82 Å². The zero-order valence-electron chi connectivity index (χ0n) is 15.5. The van der Waals surface area contributed by atoms with E-state index < -0.39 is 0 Å². The zero-order valence-corrected chi connectivity index (χ0v) is 15.5. The number of rotatable bonds is 7. The Labute approximate surface area is 159 Å². The summed E-state index contributed by atoms with van der Waals surface area (Å²) < 4.78 is 24.4. The van der Waals surface area contributed by atoms with Crippen molar-refractivity contribution in [2.75, 3.05) is 40.0 Å². The van der Waals surface area contributed by atoms with Crippen LogP contribution in [0.5, 0.6) is 0 Å². The van der Waals surface area contributed by atoms with Gasteiger partial charge in [-0.1, -0.05) is 30.3 Å². The number of morpholine rings is 1. The number of benzene rings is 2. The highest BCUT2D eigenvalue weighted by Crippen LogP contribution is 2.22. The Hall–Kier alpha value is -2.28. The molecule has 1 fully saturated rings. The third-order valence-electron chi connectivity index (χ3n) is 4.74. The van der Waals surface area contributed by atoms with Crippen molar-refractivity contribution in [3.8, 4) is 0 Å². The molecule has 2 aromatic rings. The van der Waals surface area contributed by atoms with Gasteiger partial charge in [0.05, 0.1) is 25.9 Å². The van der Waals surface area contributed by atoms with E-state index in [1.165, 1.54) is 12.1 Å². The third kappa shape index (κ3) is 5.13. The minimum absolute atomic E-state index is 0.108. The highest BCUT2D eigenvalue weighted by Gasteiger charge is 2.24. The third-order valence-corrected chi connectivity index (χ3v) is 4.74. The van der Waals surface area contributed by atoms with Gasteiger partial charge in [-0.05, 0) is 29.3 Å². The van der Waals surface area contributed by atoms with E-state index in [1.54, 1.807) is 19.2 Å². The van der Waals surface area contributed by atoms with Gasteiger partial charge in [-0.15, -0.1) is 0 Å². The number of hydrogen-bond acceptors (Lipinski definition) is 4. The number of methoxy groups -OCH3 is 1. The molecule has 0 aliphatic carbocycles. The molecule has 5 nitrogen and oxygen atoms in total. The molecule has 1 aliphatic heterocycles. The van der Waals surface area contributed by atoms with Crippen molar-refractivity contribution in [2.45, 2.75) is 12.6 Å². The molecule has 6 heteroatoms. The second-order valence-electron chi connectivity index (χ2n) is 6.52. The maximum Gasteiger partial charge on any atom is 0.251 e. The number of carbonyl (C=O) groups is 1. The highest BCUT2D eigenvalue weighted by atomic mass is 19.1. The molecule has 0 saturated carbocycles. The molecule has 1 saturated heterocycles. The highest BCUT2D eigenvalue weighted by molar-refractivity contribution is 5.95. The number of ether oxygens (including phenoxy) is 2. The van der Waals surface area contributed by atoms with E-state index in [1.807, 2.05) is 24.3 Å². The van der Waals surface area contributed by atoms with Crippen LogP contribution in [0.3, 0.4) is 0 Å². The predicted octanol–water partition coefficient (Wildman–Crippen LogP) is 2.78. The predicted molar refractivity (Wildman–Crippen MR) is 101 cm³/mol. The van der Waals surface area contributed by atoms with Crippen LogP contribution in [0.1, 0.15) is 27.5 Å². The lowest BCUT2D eigenvalue weighted by molar-refractivity contribution is 0.0161. The van der Waals surface area contributed by atoms with E-state index in [0.717, 1.165) is 24.2 Å². The lowest BCUT2D eigenvalue weighted by Crippen LogP contribution is -2.44. The number of carbonyl (C=O) groups excluding carboxylic acids is 1. The molecule has 1 atom stereocenters. The SMILES string of the molecule is COCc1ccccc1C(=O)NC[C@H](c1cccc(F)c1)N1CCOCC1. The molecule has 0 bridgehead atoms. The zero-order chi connectivity index (χ0) is 19.1. The minimum Gasteiger partial charge on any atom is -0.380 e. The van der Waals surface area contributed by atoms with Gasteiger partial charge in [-0.25, -0.2) is 4.39 Å². The van der Waals surface area contributed by atoms with E-state index in [2.05, 4.69) is 10.2 Å². The first-order chi connectivity index (χ1) is 13.2. The van der Waals surface area contributed by atoms with Crippen molar-refractivity contribution in [3.05, 3.63) is 71.0 Å². The van der Waals surface area contributed by atoms with Crippen molar-refractivity contribution < 1.29 is 18.7 Å². The van der Waals surface area contributed by atoms with Crippen LogP contribution in [0.4, 0.5) is 4.39 Å². The fraction of sp³-hybridized carbons (Fsp3) is 0.381. The molecule has 1 aliphatic rings. The van der Waals surface area contributed by atoms with Crippen LogP contribution in [-0.2, 0) is 16.1 Å². The molecule has 0 unspecified atom stereocenters. The van der Waals surface area contributed by atoms with Crippen molar-refractivity contribution in [3.63, 3.8) is 0 Å². The molecule has 1 N–H and O–H groups in total. The normalized spacial score (nSPS) is 16.1. The Balaban J connectivity index is 1.75. The van der Waals surface area contributed by atoms with Gasteiger partial charge in [-0.2, -0.15) is 0 Å². The van der Waals surface area contributed by atoms with Gasteiger partial charge in [0.1, 0.15) is 5.82 Å². The molecule has 1 heterocycles. The maximum absolute atomic E-state index is 13.8. The van der Waals surface area contributed by atoms with Gasteiger partial charge in [-0.3, -0.25) is 9.69 Å². The molecular weight excluding hydrogens is 347 g/mol. The van der Waals surface area contributed by atoms with Gasteiger partial charge in [0.2, 0.25) is 0 Å². The quantitative estimate of drug-likeness (QED) is 0.812. The van der Waals surface area contributed by atoms with Gasteiger partial charge in [0.25, 0.3) is 5.91 Å². The van der Waals surface area contributed by atoms with E-state index >= 15 is 0 Å². The van der Waals surface area contributed by atoms with Crippen molar-refractivity contribution >= 4 is 5.91 Å². The Bertz CT molecular complexity index is 763. The second-order valence-corrected chi connectivity index (χ2v) is 6.52. The molecule has 0 aromatic heterocycles. The lowest BCUT2D eigenvalue weighted by atomic mass is 10.0. The van der Waals surface area contributed by atoms with Crippen LogP contribution in [0.2, 0.25) is 0 Å². The Morgan fingerprint density at radius 1 is 1.22 bits per heavy atom. The summed E-state index contributed by atoms with van der Waals surface area (Å²) in [7, 11) is 1.60. The first-order valence-corrected chi connectivity index (χ1v) is 9.11. The van der Waals surface area contributed by atoms with E-state index in [-0.39, 0.29) is 17.8 Å². The smallest absolute Gasteiger partial charge is 0.251 e. The summed E-state index contributed by atoms with van der Waals surface area (Å²) >= 11 is 0. The summed E-state index contributed by atoms with van der Waals surface area (Å²) in [6.07, 6.45) is 0. The number of nitrogens with one attached hydrogen (secondary N) is 1. The van der Waals surface area contributed by atoms with Crippen LogP contribution in [0.25, 0.3) is 0 Å². The van der Waals surface area contributed by atoms with Gasteiger partial charge >= 0.3 is 0 Å². The molecule has 0 spiro atoms. The van der Waals surface area contributed by atoms with Crippen molar-refractivity contribution in [1.82, 2.24) is 10.2 Å². The Morgan fingerprint density at radius 2 is 2.00 bits per heavy atom. The molecule has 2 aromatic carbocycles. The largest absolute Gasteiger partial charge is 0.380 e. The fourth-order valence-corrected chi connectivity index (χ4v) is 3.37. The maximum atomic E-state index is 13.8. The van der Waals surface area contributed by atoms with Crippen LogP contribution in [0.15, 0.2) is 48.5 Å². The van der Waals surface area contributed by atoms with Crippen LogP contribution in [-0.4, -0.2) is 50.8 Å². The number of amides is 1. The number of nitrogens with zero attached hydrogens (tertiary/aromatic N) is 1. The molecular formula is C21H25FN2O3. The van der Waals surface area contributed by atoms with Crippen LogP contribution < -0.4 is 5.32 Å². The average Bonchev–Trinajstić information content (AvgIpc) is 2.69. The minimum atomic E-state index is -0.275. The summed E-state index contributed by atoms with van der Waals surface area (Å²) in [5, 5.41) is 3.01. The molecule has 0 radical (unpaired) electrons. The summed E-state index contributed by atoms with van der Waals surface area (Å²) in [6.45, 7) is 3.53. The van der Waals surface area contributed by atoms with E-state index in [9.17, 15) is 9.18 Å². The summed E-state index contributed by atoms with van der Waals surface area (Å²) in [5.41, 5.74) is 2.29. The van der Waals surface area contributed by atoms with E-state index in [4.69, 9.17) is 9.47 Å². The van der Waals surface area contributed by atoms with Crippen LogP contribution >= 0.6 is 0 Å². The first kappa shape index (κ1) is 19.5. The molecule has 144 valence electrons. The number of hydrogen-bond donors (Lipinski definition) is 1. The Morgan fingerprint density at radius 3 is 2.74 bits per heavy atom. The topological polar surface area (TPSA) is 50.8 Å². The molecule has 3 rings (SSSR count). The van der Waals surface area contributed by atoms with Gasteiger partial charge < -0.3 is 14.8 Å². The molecule has 27 heavy (non-hydrogen) atoms. The number of halogens is 1. The van der Waals surface area contributed by atoms with Gasteiger partial charge in [0, 0.05) is 32.3 Å². The molecule has 1 amide bonds. The fourth-order valence-electron chi connectivity index (χ4n) is 3.37. The average molecular weight is 372 g/mol. The Kier molecular flexibility index (Phi) is 6.92. The standard InChI is InChI=1S/C21H25FN2O3/c1-26-15-17-5-2-3-8-19(17)21(25)23-14-20(24-9-11-27-12-10-24)16-6-4-7-18(22)13-16/h2-8,13,20H,9-12,14-15H2,1H3,(H,23,25)/t20-/m1/s1. The van der Waals surface area contributed by atoms with Crippen molar-refractivity contribution in [2.24, 2.45) is 0 Å². The summed E-state index contributed by atoms with van der Waals surface area (Å²) in [6, 6.07) is 13.8. The summed E-state index contributed by atoms with van der Waals surface area (Å²) in [5.74, 6) is -0.431. The second kappa shape index (κ2) is 9.60. The summed E-state index contributed by atoms with van der Waals surface area (Å²) in [4.78, 5) is 15.0. The van der Waals surface area contributed by atoms with Crippen molar-refractivity contribution in [1.29, 1.82) is 0 Å². The lowest BCUT2D eigenvalue weighted by Gasteiger charge is -2.35. The van der Waals surface area contributed by atoms with E-state index in [0.29, 0.717) is 31.9 Å². The van der Waals surface area contributed by atoms with Gasteiger partial charge in [0.15, 0.2) is 0 Å².